The molecule has 1 saturated heterocycles. The fourth-order valence-corrected chi connectivity index (χ4v) is 7.48. The van der Waals surface area contributed by atoms with Crippen LogP contribution in [0.15, 0.2) is 18.2 Å². The molecule has 4 atom stereocenters. The molecule has 4 rings (SSSR count). The Hall–Kier alpha value is -1.43. The molecule has 2 saturated carbocycles. The number of nitriles is 1. The van der Waals surface area contributed by atoms with Crippen LogP contribution in [0.25, 0.3) is 0 Å². The maximum absolute atomic E-state index is 13.2. The number of fused-ring (bicyclic) bond motifs is 5. The van der Waals surface area contributed by atoms with Crippen molar-refractivity contribution < 1.29 is 22.3 Å². The molecule has 3 fully saturated rings. The molecule has 0 amide bonds. The smallest absolute Gasteiger partial charge is 0.281 e. The van der Waals surface area contributed by atoms with Crippen molar-refractivity contribution in [1.82, 2.24) is 0 Å². The number of nitrogens with zero attached hydrogens (tertiary/aromatic N) is 2. The van der Waals surface area contributed by atoms with E-state index in [0.717, 1.165) is 31.4 Å². The van der Waals surface area contributed by atoms with E-state index in [1.807, 2.05) is 0 Å². The molecular weight excluding hydrogens is 341 g/mol. The molecule has 8 heteroatoms. The standard InChI is InChI=1S/C16H17F3N2O2S/c17-16(18,19)14-6-12(4-3-11(14)7-20)21-8-13-9-1-2-10(5-9)15(13)24(21,22)23/h3-4,6,9-10,13,15,22-23H,1-2,5,8H2/t9-,10+,13-,15+/m0/s1. The molecule has 2 bridgehead atoms. The Morgan fingerprint density at radius 3 is 2.54 bits per heavy atom. The molecule has 1 aromatic rings. The van der Waals surface area contributed by atoms with Crippen molar-refractivity contribution in [1.29, 1.82) is 5.26 Å². The number of alkyl halides is 3. The minimum Gasteiger partial charge on any atom is -0.281 e. The molecule has 2 N–H and O–H groups in total. The van der Waals surface area contributed by atoms with E-state index in [1.165, 1.54) is 10.4 Å². The van der Waals surface area contributed by atoms with Crippen LogP contribution in [0.3, 0.4) is 0 Å². The van der Waals surface area contributed by atoms with Gasteiger partial charge in [-0.3, -0.25) is 13.4 Å². The van der Waals surface area contributed by atoms with Gasteiger partial charge in [-0.15, -0.1) is 10.8 Å². The highest BCUT2D eigenvalue weighted by Gasteiger charge is 2.59. The topological polar surface area (TPSA) is 67.5 Å². The average Bonchev–Trinajstić information content (AvgIpc) is 3.18. The minimum atomic E-state index is -4.65. The van der Waals surface area contributed by atoms with E-state index >= 15 is 0 Å². The molecule has 4 nitrogen and oxygen atoms in total. The van der Waals surface area contributed by atoms with Gasteiger partial charge in [0.2, 0.25) is 0 Å². The first-order valence-electron chi connectivity index (χ1n) is 7.89. The summed E-state index contributed by atoms with van der Waals surface area (Å²) in [6.45, 7) is 0.372. The lowest BCUT2D eigenvalue weighted by atomic mass is 9.88. The lowest BCUT2D eigenvalue weighted by Gasteiger charge is -2.44. The Balaban J connectivity index is 1.74. The van der Waals surface area contributed by atoms with Gasteiger partial charge >= 0.3 is 6.18 Å². The van der Waals surface area contributed by atoms with Crippen LogP contribution in [-0.4, -0.2) is 20.9 Å². The van der Waals surface area contributed by atoms with Crippen LogP contribution in [0.4, 0.5) is 18.9 Å². The van der Waals surface area contributed by atoms with Crippen LogP contribution in [0.1, 0.15) is 30.4 Å². The molecule has 1 aromatic carbocycles. The van der Waals surface area contributed by atoms with E-state index < -0.39 is 28.1 Å². The van der Waals surface area contributed by atoms with Crippen molar-refractivity contribution in [3.8, 4) is 6.07 Å². The second-order valence-electron chi connectivity index (χ2n) is 6.92. The van der Waals surface area contributed by atoms with Gasteiger partial charge in [0, 0.05) is 12.5 Å². The predicted molar refractivity (Wildman–Crippen MR) is 84.5 cm³/mol. The third kappa shape index (κ3) is 2.15. The predicted octanol–water partition coefficient (Wildman–Crippen LogP) is 4.48. The van der Waals surface area contributed by atoms with E-state index in [9.17, 15) is 22.3 Å². The van der Waals surface area contributed by atoms with Gasteiger partial charge < -0.3 is 0 Å². The van der Waals surface area contributed by atoms with Crippen LogP contribution in [0, 0.1) is 29.1 Å². The summed E-state index contributed by atoms with van der Waals surface area (Å²) < 4.78 is 62.3. The Morgan fingerprint density at radius 1 is 1.21 bits per heavy atom. The maximum atomic E-state index is 13.2. The highest BCUT2D eigenvalue weighted by Crippen LogP contribution is 2.69. The summed E-state index contributed by atoms with van der Waals surface area (Å²) in [6, 6.07) is 4.91. The zero-order valence-corrected chi connectivity index (χ0v) is 13.5. The van der Waals surface area contributed by atoms with Gasteiger partial charge in [-0.2, -0.15) is 18.4 Å². The van der Waals surface area contributed by atoms with Crippen molar-refractivity contribution >= 4 is 16.5 Å². The minimum absolute atomic E-state index is 0.134. The summed E-state index contributed by atoms with van der Waals surface area (Å²) in [5.41, 5.74) is -1.35. The summed E-state index contributed by atoms with van der Waals surface area (Å²) in [6.07, 6.45) is -1.62. The Kier molecular flexibility index (Phi) is 3.37. The SMILES string of the molecule is N#Cc1ccc(N2C[C@H]3[C@H]4CC[C@H](C4)[C@H]3S2(O)O)cc1C(F)(F)F. The summed E-state index contributed by atoms with van der Waals surface area (Å²) in [7, 11) is -3.15. The highest BCUT2D eigenvalue weighted by molar-refractivity contribution is 8.26. The number of halogens is 3. The fourth-order valence-electron chi connectivity index (χ4n) is 4.83. The van der Waals surface area contributed by atoms with Gasteiger partial charge in [-0.05, 0) is 49.3 Å². The number of benzene rings is 1. The monoisotopic (exact) mass is 358 g/mol. The summed E-state index contributed by atoms with van der Waals surface area (Å²) >= 11 is 0. The van der Waals surface area contributed by atoms with E-state index in [1.54, 1.807) is 6.07 Å². The number of anilines is 1. The van der Waals surface area contributed by atoms with Crippen molar-refractivity contribution in [2.45, 2.75) is 30.7 Å². The molecule has 3 aliphatic rings. The first-order chi connectivity index (χ1) is 11.2. The quantitative estimate of drug-likeness (QED) is 0.777. The highest BCUT2D eigenvalue weighted by atomic mass is 32.3. The molecule has 0 spiro atoms. The number of rotatable bonds is 1. The van der Waals surface area contributed by atoms with Crippen molar-refractivity contribution in [2.24, 2.45) is 17.8 Å². The third-order valence-electron chi connectivity index (χ3n) is 5.79. The molecule has 24 heavy (non-hydrogen) atoms. The number of hydrogen-bond acceptors (Lipinski definition) is 4. The van der Waals surface area contributed by atoms with E-state index in [0.29, 0.717) is 12.5 Å². The van der Waals surface area contributed by atoms with Gasteiger partial charge in [0.25, 0.3) is 0 Å². The summed E-state index contributed by atoms with van der Waals surface area (Å²) in [4.78, 5) is 0. The van der Waals surface area contributed by atoms with Crippen LogP contribution in [0.2, 0.25) is 0 Å². The van der Waals surface area contributed by atoms with Gasteiger partial charge in [-0.25, -0.2) is 0 Å². The van der Waals surface area contributed by atoms with Crippen molar-refractivity contribution in [3.05, 3.63) is 29.3 Å². The van der Waals surface area contributed by atoms with Crippen LogP contribution in [-0.2, 0) is 6.18 Å². The molecule has 130 valence electrons. The number of hydrogen-bond donors (Lipinski definition) is 2. The molecular formula is C16H17F3N2O2S. The zero-order valence-electron chi connectivity index (χ0n) is 12.7. The Labute approximate surface area is 139 Å². The van der Waals surface area contributed by atoms with Crippen molar-refractivity contribution in [2.75, 3.05) is 10.8 Å². The maximum Gasteiger partial charge on any atom is 0.417 e. The van der Waals surface area contributed by atoms with Crippen molar-refractivity contribution in [3.63, 3.8) is 0 Å². The molecule has 1 aliphatic heterocycles. The largest absolute Gasteiger partial charge is 0.417 e. The molecule has 0 unspecified atom stereocenters. The lowest BCUT2D eigenvalue weighted by molar-refractivity contribution is -0.137. The van der Waals surface area contributed by atoms with Gasteiger partial charge in [0.05, 0.1) is 28.1 Å². The normalized spacial score (nSPS) is 34.9. The van der Waals surface area contributed by atoms with E-state index in [4.69, 9.17) is 5.26 Å². The molecule has 0 aromatic heterocycles. The lowest BCUT2D eigenvalue weighted by Crippen LogP contribution is -2.29. The van der Waals surface area contributed by atoms with Gasteiger partial charge in [0.15, 0.2) is 0 Å². The second kappa shape index (κ2) is 5.04. The van der Waals surface area contributed by atoms with Crippen LogP contribution < -0.4 is 4.31 Å². The molecule has 0 radical (unpaired) electrons. The third-order valence-corrected chi connectivity index (χ3v) is 8.26. The van der Waals surface area contributed by atoms with Crippen LogP contribution >= 0.6 is 10.8 Å². The van der Waals surface area contributed by atoms with E-state index in [2.05, 4.69) is 0 Å². The zero-order chi connectivity index (χ0) is 17.3. The first kappa shape index (κ1) is 16.1. The van der Waals surface area contributed by atoms with Crippen LogP contribution in [0.5, 0.6) is 0 Å². The molecule has 1 heterocycles. The molecule has 2 aliphatic carbocycles. The van der Waals surface area contributed by atoms with Gasteiger partial charge in [-0.1, -0.05) is 0 Å². The van der Waals surface area contributed by atoms with E-state index in [-0.39, 0.29) is 22.8 Å². The fraction of sp³-hybridized carbons (Fsp3) is 0.562. The summed E-state index contributed by atoms with van der Waals surface area (Å²) in [5.74, 6) is 0.839. The Bertz CT molecular complexity index is 731. The average molecular weight is 358 g/mol. The summed E-state index contributed by atoms with van der Waals surface area (Å²) in [5, 5.41) is 8.66. The second-order valence-corrected chi connectivity index (χ2v) is 9.03. The first-order valence-corrected chi connectivity index (χ1v) is 9.46. The Morgan fingerprint density at radius 2 is 1.92 bits per heavy atom. The van der Waals surface area contributed by atoms with Gasteiger partial charge in [0.1, 0.15) is 0 Å².